The van der Waals surface area contributed by atoms with Crippen molar-refractivity contribution in [1.29, 1.82) is 0 Å². The number of hydrogen-bond acceptors (Lipinski definition) is 1. The van der Waals surface area contributed by atoms with Gasteiger partial charge in [0.25, 0.3) is 0 Å². The number of benzene rings is 3. The summed E-state index contributed by atoms with van der Waals surface area (Å²) < 4.78 is 13.7. The summed E-state index contributed by atoms with van der Waals surface area (Å²) in [6, 6.07) is 26.2. The Bertz CT molecular complexity index is 926. The van der Waals surface area contributed by atoms with Crippen LogP contribution >= 0.6 is 7.14 Å². The van der Waals surface area contributed by atoms with Crippen LogP contribution in [0.5, 0.6) is 0 Å². The van der Waals surface area contributed by atoms with E-state index in [0.29, 0.717) is 0 Å². The van der Waals surface area contributed by atoms with E-state index >= 15 is 0 Å². The fourth-order valence-electron chi connectivity index (χ4n) is 2.35. The first-order valence-corrected chi connectivity index (χ1v) is 9.24. The van der Waals surface area contributed by atoms with Gasteiger partial charge in [-0.2, -0.15) is 0 Å². The molecule has 3 aromatic rings. The lowest BCUT2D eigenvalue weighted by atomic mass is 10.1. The van der Waals surface area contributed by atoms with Crippen LogP contribution in [0.2, 0.25) is 0 Å². The van der Waals surface area contributed by atoms with Gasteiger partial charge in [0.1, 0.15) is 0 Å². The highest BCUT2D eigenvalue weighted by Crippen LogP contribution is 2.41. The predicted octanol–water partition coefficient (Wildman–Crippen LogP) is 3.99. The molecule has 3 aromatic carbocycles. The van der Waals surface area contributed by atoms with E-state index in [9.17, 15) is 4.57 Å². The standard InChI is InChI=1S/C22H15OP/c1-2-19-13-15-20(16-14-19)17-18-24(23,21-9-5-3-6-10-21)22-11-7-4-8-12-22/h1,3-16H. The van der Waals surface area contributed by atoms with Crippen LogP contribution in [0.3, 0.4) is 0 Å². The highest BCUT2D eigenvalue weighted by molar-refractivity contribution is 7.83. The van der Waals surface area contributed by atoms with Gasteiger partial charge >= 0.3 is 0 Å². The summed E-state index contributed by atoms with van der Waals surface area (Å²) >= 11 is 0. The highest BCUT2D eigenvalue weighted by Gasteiger charge is 2.24. The monoisotopic (exact) mass is 326 g/mol. The van der Waals surface area contributed by atoms with Gasteiger partial charge in [0.2, 0.25) is 7.14 Å². The maximum atomic E-state index is 13.7. The van der Waals surface area contributed by atoms with Crippen LogP contribution in [-0.4, -0.2) is 0 Å². The zero-order valence-electron chi connectivity index (χ0n) is 13.0. The Hall–Kier alpha value is -2.99. The molecule has 114 valence electrons. The summed E-state index contributed by atoms with van der Waals surface area (Å²) in [5.41, 5.74) is 4.63. The van der Waals surface area contributed by atoms with E-state index in [1.54, 1.807) is 0 Å². The summed E-state index contributed by atoms with van der Waals surface area (Å²) in [7, 11) is -3.01. The van der Waals surface area contributed by atoms with E-state index in [4.69, 9.17) is 6.42 Å². The van der Waals surface area contributed by atoms with Gasteiger partial charge in [-0.15, -0.1) is 6.42 Å². The first-order valence-electron chi connectivity index (χ1n) is 7.53. The van der Waals surface area contributed by atoms with Crippen LogP contribution in [-0.2, 0) is 4.57 Å². The summed E-state index contributed by atoms with van der Waals surface area (Å²) in [5, 5.41) is 1.48. The zero-order chi connectivity index (χ0) is 16.8. The summed E-state index contributed by atoms with van der Waals surface area (Å²) in [6.45, 7) is 0. The first kappa shape index (κ1) is 15.9. The summed E-state index contributed by atoms with van der Waals surface area (Å²) in [5.74, 6) is 5.63. The second kappa shape index (κ2) is 7.06. The average Bonchev–Trinajstić information content (AvgIpc) is 2.68. The molecular weight excluding hydrogens is 311 g/mol. The molecular formula is C22H15OP. The van der Waals surface area contributed by atoms with Crippen molar-refractivity contribution in [1.82, 2.24) is 0 Å². The minimum atomic E-state index is -3.01. The van der Waals surface area contributed by atoms with Crippen LogP contribution in [0, 0.1) is 23.9 Å². The Morgan fingerprint density at radius 1 is 0.667 bits per heavy atom. The lowest BCUT2D eigenvalue weighted by molar-refractivity contribution is 0.593. The molecule has 0 unspecified atom stereocenters. The van der Waals surface area contributed by atoms with Crippen molar-refractivity contribution in [2.24, 2.45) is 0 Å². The second-order valence-corrected chi connectivity index (χ2v) is 7.71. The smallest absolute Gasteiger partial charge is 0.211 e. The maximum absolute atomic E-state index is 13.7. The van der Waals surface area contributed by atoms with Crippen molar-refractivity contribution in [2.75, 3.05) is 0 Å². The highest BCUT2D eigenvalue weighted by atomic mass is 31.2. The molecule has 0 aromatic heterocycles. The number of terminal acetylenes is 1. The molecule has 3 rings (SSSR count). The Morgan fingerprint density at radius 2 is 1.12 bits per heavy atom. The van der Waals surface area contributed by atoms with E-state index < -0.39 is 7.14 Å². The molecule has 0 aliphatic heterocycles. The summed E-state index contributed by atoms with van der Waals surface area (Å²) in [6.07, 6.45) is 5.36. The average molecular weight is 326 g/mol. The topological polar surface area (TPSA) is 17.1 Å². The van der Waals surface area contributed by atoms with E-state index in [1.807, 2.05) is 84.9 Å². The minimum Gasteiger partial charge on any atom is -0.300 e. The molecule has 0 aliphatic carbocycles. The molecule has 0 radical (unpaired) electrons. The molecule has 0 bridgehead atoms. The van der Waals surface area contributed by atoms with Crippen molar-refractivity contribution in [3.8, 4) is 23.9 Å². The van der Waals surface area contributed by atoms with E-state index in [0.717, 1.165) is 21.7 Å². The third kappa shape index (κ3) is 3.33. The van der Waals surface area contributed by atoms with Crippen LogP contribution in [0.25, 0.3) is 0 Å². The first-order chi connectivity index (χ1) is 11.7. The fourth-order valence-corrected chi connectivity index (χ4v) is 4.37. The molecule has 0 fully saturated rings. The van der Waals surface area contributed by atoms with Crippen molar-refractivity contribution < 1.29 is 4.57 Å². The van der Waals surface area contributed by atoms with Gasteiger partial charge in [0, 0.05) is 21.7 Å². The van der Waals surface area contributed by atoms with Crippen molar-refractivity contribution >= 4 is 17.8 Å². The Labute approximate surface area is 142 Å². The number of rotatable bonds is 2. The molecule has 0 atom stereocenters. The summed E-state index contributed by atoms with van der Waals surface area (Å²) in [4.78, 5) is 0. The second-order valence-electron chi connectivity index (χ2n) is 5.24. The SMILES string of the molecule is C#Cc1ccc(C#CP(=O)(c2ccccc2)c2ccccc2)cc1. The maximum Gasteiger partial charge on any atom is 0.211 e. The molecule has 24 heavy (non-hydrogen) atoms. The molecule has 0 aliphatic rings. The predicted molar refractivity (Wildman–Crippen MR) is 101 cm³/mol. The van der Waals surface area contributed by atoms with Gasteiger partial charge in [0.05, 0.1) is 0 Å². The molecule has 0 spiro atoms. The van der Waals surface area contributed by atoms with E-state index in [1.165, 1.54) is 0 Å². The third-order valence-corrected chi connectivity index (χ3v) is 6.13. The van der Waals surface area contributed by atoms with Crippen LogP contribution < -0.4 is 10.6 Å². The Balaban J connectivity index is 2.09. The van der Waals surface area contributed by atoms with Crippen molar-refractivity contribution in [3.63, 3.8) is 0 Å². The normalized spacial score (nSPS) is 10.3. The largest absolute Gasteiger partial charge is 0.300 e. The molecule has 1 nitrogen and oxygen atoms in total. The molecule has 2 heteroatoms. The lowest BCUT2D eigenvalue weighted by Crippen LogP contribution is -2.14. The molecule has 0 N–H and O–H groups in total. The van der Waals surface area contributed by atoms with Gasteiger partial charge < -0.3 is 0 Å². The van der Waals surface area contributed by atoms with Gasteiger partial charge in [-0.3, -0.25) is 4.57 Å². The zero-order valence-corrected chi connectivity index (χ0v) is 13.9. The minimum absolute atomic E-state index is 0.740. The molecule has 0 saturated heterocycles. The quantitative estimate of drug-likeness (QED) is 0.514. The van der Waals surface area contributed by atoms with E-state index in [2.05, 4.69) is 17.5 Å². The van der Waals surface area contributed by atoms with Crippen LogP contribution in [0.4, 0.5) is 0 Å². The van der Waals surface area contributed by atoms with Crippen molar-refractivity contribution in [3.05, 3.63) is 96.1 Å². The van der Waals surface area contributed by atoms with Gasteiger partial charge in [-0.1, -0.05) is 72.5 Å². The van der Waals surface area contributed by atoms with Crippen LogP contribution in [0.15, 0.2) is 84.9 Å². The van der Waals surface area contributed by atoms with Crippen LogP contribution in [0.1, 0.15) is 11.1 Å². The van der Waals surface area contributed by atoms with Gasteiger partial charge in [-0.25, -0.2) is 0 Å². The van der Waals surface area contributed by atoms with E-state index in [-0.39, 0.29) is 0 Å². The Kier molecular flexibility index (Phi) is 4.67. The Morgan fingerprint density at radius 3 is 1.58 bits per heavy atom. The van der Waals surface area contributed by atoms with Gasteiger partial charge in [0.15, 0.2) is 0 Å². The lowest BCUT2D eigenvalue weighted by Gasteiger charge is -2.12. The van der Waals surface area contributed by atoms with Crippen molar-refractivity contribution in [2.45, 2.75) is 0 Å². The number of hydrogen-bond donors (Lipinski definition) is 0. The fraction of sp³-hybridized carbons (Fsp3) is 0. The molecule has 0 saturated carbocycles. The third-order valence-electron chi connectivity index (χ3n) is 3.65. The molecule has 0 heterocycles. The molecule has 0 amide bonds. The van der Waals surface area contributed by atoms with Gasteiger partial charge in [-0.05, 0) is 29.9 Å².